The van der Waals surface area contributed by atoms with Crippen LogP contribution in [0.25, 0.3) is 0 Å². The Kier molecular flexibility index (Phi) is 5.89. The maximum atomic E-state index is 12.4. The third-order valence-corrected chi connectivity index (χ3v) is 6.94. The number of rotatable bonds is 4. The summed E-state index contributed by atoms with van der Waals surface area (Å²) >= 11 is 0. The quantitative estimate of drug-likeness (QED) is 0.513. The number of aryl methyl sites for hydroxylation is 1. The van der Waals surface area contributed by atoms with Crippen molar-refractivity contribution in [2.24, 2.45) is 5.92 Å². The van der Waals surface area contributed by atoms with Gasteiger partial charge < -0.3 is 4.74 Å². The zero-order valence-corrected chi connectivity index (χ0v) is 17.0. The summed E-state index contributed by atoms with van der Waals surface area (Å²) in [4.78, 5) is 0. The molecule has 0 heterocycles. The predicted molar refractivity (Wildman–Crippen MR) is 109 cm³/mol. The second kappa shape index (κ2) is 8.41. The largest absolute Gasteiger partial charge is 0.573 e. The first-order valence-corrected chi connectivity index (χ1v) is 10.9. The van der Waals surface area contributed by atoms with E-state index in [-0.39, 0.29) is 5.75 Å². The molecule has 0 bridgehead atoms. The summed E-state index contributed by atoms with van der Waals surface area (Å²) in [6.45, 7) is 2.30. The molecular weight excluding hydrogens is 373 g/mol. The van der Waals surface area contributed by atoms with Crippen molar-refractivity contribution in [1.82, 2.24) is 0 Å². The first-order chi connectivity index (χ1) is 13.9. The number of benzene rings is 2. The minimum Gasteiger partial charge on any atom is -0.406 e. The van der Waals surface area contributed by atoms with Crippen LogP contribution >= 0.6 is 0 Å². The second-order valence-corrected chi connectivity index (χ2v) is 8.71. The summed E-state index contributed by atoms with van der Waals surface area (Å²) in [6.07, 6.45) is 4.60. The van der Waals surface area contributed by atoms with Crippen molar-refractivity contribution in [2.45, 2.75) is 76.5 Å². The zero-order valence-electron chi connectivity index (χ0n) is 17.0. The van der Waals surface area contributed by atoms with Crippen LogP contribution < -0.4 is 4.74 Å². The molecule has 29 heavy (non-hydrogen) atoms. The van der Waals surface area contributed by atoms with E-state index in [0.29, 0.717) is 11.8 Å². The molecule has 0 spiro atoms. The van der Waals surface area contributed by atoms with Gasteiger partial charge in [0.05, 0.1) is 0 Å². The lowest BCUT2D eigenvalue weighted by Crippen LogP contribution is -2.18. The van der Waals surface area contributed by atoms with E-state index in [9.17, 15) is 13.2 Å². The monoisotopic (exact) mass is 402 g/mol. The van der Waals surface area contributed by atoms with Gasteiger partial charge in [-0.2, -0.15) is 0 Å². The Morgan fingerprint density at radius 3 is 2.10 bits per heavy atom. The number of alkyl halides is 3. The molecule has 0 N–H and O–H groups in total. The average molecular weight is 403 g/mol. The minimum absolute atomic E-state index is 0.114. The molecule has 1 saturated carbocycles. The molecule has 2 aromatic carbocycles. The van der Waals surface area contributed by atoms with Crippen molar-refractivity contribution in [2.75, 3.05) is 0 Å². The summed E-state index contributed by atoms with van der Waals surface area (Å²) in [5.74, 6) is 1.93. The highest BCUT2D eigenvalue weighted by Crippen LogP contribution is 2.39. The zero-order chi connectivity index (χ0) is 20.4. The Bertz CT molecular complexity index is 817. The molecule has 0 amide bonds. The molecule has 1 atom stereocenters. The van der Waals surface area contributed by atoms with Gasteiger partial charge in [0, 0.05) is 0 Å². The van der Waals surface area contributed by atoms with Gasteiger partial charge in [0.15, 0.2) is 0 Å². The van der Waals surface area contributed by atoms with Crippen LogP contribution in [0.4, 0.5) is 13.2 Å². The molecule has 156 valence electrons. The lowest BCUT2D eigenvalue weighted by Gasteiger charge is -2.29. The van der Waals surface area contributed by atoms with Crippen molar-refractivity contribution in [1.29, 1.82) is 0 Å². The summed E-state index contributed by atoms with van der Waals surface area (Å²) in [6, 6.07) is 13.9. The molecule has 1 fully saturated rings. The number of halogens is 3. The van der Waals surface area contributed by atoms with Crippen molar-refractivity contribution < 1.29 is 17.9 Å². The third-order valence-electron chi connectivity index (χ3n) is 6.94. The van der Waals surface area contributed by atoms with E-state index < -0.39 is 6.36 Å². The Morgan fingerprint density at radius 2 is 1.48 bits per heavy atom. The predicted octanol–water partition coefficient (Wildman–Crippen LogP) is 7.54. The van der Waals surface area contributed by atoms with Crippen LogP contribution in [0, 0.1) is 5.92 Å². The topological polar surface area (TPSA) is 9.23 Å². The summed E-state index contributed by atoms with van der Waals surface area (Å²) in [5, 5.41) is 0. The van der Waals surface area contributed by atoms with Gasteiger partial charge in [0.2, 0.25) is 0 Å². The third kappa shape index (κ3) is 4.96. The smallest absolute Gasteiger partial charge is 0.406 e. The fraction of sp³-hybridized carbons (Fsp3) is 0.520. The van der Waals surface area contributed by atoms with Crippen LogP contribution in [0.3, 0.4) is 0 Å². The van der Waals surface area contributed by atoms with Gasteiger partial charge in [-0.15, -0.1) is 13.2 Å². The fourth-order valence-electron chi connectivity index (χ4n) is 5.16. The van der Waals surface area contributed by atoms with Crippen LogP contribution in [-0.4, -0.2) is 6.36 Å². The number of ether oxygens (including phenoxy) is 1. The molecule has 2 aliphatic carbocycles. The second-order valence-electron chi connectivity index (χ2n) is 8.71. The van der Waals surface area contributed by atoms with Gasteiger partial charge in [-0.3, -0.25) is 0 Å². The van der Waals surface area contributed by atoms with E-state index in [1.54, 1.807) is 12.1 Å². The molecule has 1 nitrogen and oxygen atoms in total. The first-order valence-electron chi connectivity index (χ1n) is 10.9. The molecule has 0 aliphatic heterocycles. The summed E-state index contributed by atoms with van der Waals surface area (Å²) in [5.41, 5.74) is 4.93. The van der Waals surface area contributed by atoms with Crippen LogP contribution in [0.15, 0.2) is 42.5 Å². The van der Waals surface area contributed by atoms with E-state index in [1.807, 2.05) is 0 Å². The molecule has 2 aliphatic rings. The van der Waals surface area contributed by atoms with Crippen LogP contribution in [0.5, 0.6) is 5.75 Å². The molecule has 4 rings (SSSR count). The van der Waals surface area contributed by atoms with Crippen molar-refractivity contribution in [3.63, 3.8) is 0 Å². The van der Waals surface area contributed by atoms with E-state index >= 15 is 0 Å². The number of hydrogen-bond donors (Lipinski definition) is 0. The molecule has 0 radical (unpaired) electrons. The highest BCUT2D eigenvalue weighted by molar-refractivity contribution is 5.40. The van der Waals surface area contributed by atoms with E-state index in [2.05, 4.69) is 35.9 Å². The van der Waals surface area contributed by atoms with E-state index in [4.69, 9.17) is 0 Å². The van der Waals surface area contributed by atoms with Crippen molar-refractivity contribution >= 4 is 0 Å². The van der Waals surface area contributed by atoms with Gasteiger partial charge in [0.1, 0.15) is 5.75 Å². The fourth-order valence-corrected chi connectivity index (χ4v) is 5.16. The number of fused-ring (bicyclic) bond motifs is 1. The van der Waals surface area contributed by atoms with Crippen LogP contribution in [-0.2, 0) is 12.8 Å². The SMILES string of the molecule is CCC1CCC(c2ccc(C3CCc4cc(OC(F)(F)F)ccc4C3)cc2)CC1. The highest BCUT2D eigenvalue weighted by Gasteiger charge is 2.31. The maximum absolute atomic E-state index is 12.4. The van der Waals surface area contributed by atoms with Crippen LogP contribution in [0.1, 0.15) is 79.5 Å². The van der Waals surface area contributed by atoms with Gasteiger partial charge in [0.25, 0.3) is 0 Å². The van der Waals surface area contributed by atoms with Gasteiger partial charge in [-0.05, 0) is 97.1 Å². The Morgan fingerprint density at radius 1 is 0.828 bits per heavy atom. The Labute approximate surface area is 171 Å². The van der Waals surface area contributed by atoms with E-state index in [1.165, 1.54) is 49.3 Å². The standard InChI is InChI=1S/C25H29F3O/c1-2-17-3-5-18(6-4-17)19-7-9-20(10-8-19)21-11-12-23-16-24(29-25(26,27)28)14-13-22(23)15-21/h7-10,13-14,16-18,21H,2-6,11-12,15H2,1H3. The maximum Gasteiger partial charge on any atom is 0.573 e. The lowest BCUT2D eigenvalue weighted by molar-refractivity contribution is -0.274. The van der Waals surface area contributed by atoms with Crippen LogP contribution in [0.2, 0.25) is 0 Å². The van der Waals surface area contributed by atoms with Gasteiger partial charge >= 0.3 is 6.36 Å². The normalized spacial score (nSPS) is 24.8. The Hall–Kier alpha value is -1.97. The van der Waals surface area contributed by atoms with Crippen molar-refractivity contribution in [3.8, 4) is 5.75 Å². The molecule has 0 saturated heterocycles. The number of hydrogen-bond acceptors (Lipinski definition) is 1. The van der Waals surface area contributed by atoms with Crippen molar-refractivity contribution in [3.05, 3.63) is 64.7 Å². The molecular formula is C25H29F3O. The van der Waals surface area contributed by atoms with E-state index in [0.717, 1.165) is 36.3 Å². The summed E-state index contributed by atoms with van der Waals surface area (Å²) in [7, 11) is 0. The molecule has 2 aromatic rings. The highest BCUT2D eigenvalue weighted by atomic mass is 19.4. The van der Waals surface area contributed by atoms with Gasteiger partial charge in [-0.1, -0.05) is 43.7 Å². The minimum atomic E-state index is -4.64. The summed E-state index contributed by atoms with van der Waals surface area (Å²) < 4.78 is 41.4. The average Bonchev–Trinajstić information content (AvgIpc) is 2.72. The molecule has 1 unspecified atom stereocenters. The Balaban J connectivity index is 1.40. The lowest BCUT2D eigenvalue weighted by atomic mass is 9.76. The molecule has 0 aromatic heterocycles. The molecule has 4 heteroatoms. The van der Waals surface area contributed by atoms with Gasteiger partial charge in [-0.25, -0.2) is 0 Å². The first kappa shape index (κ1) is 20.3.